The molecule has 2 rings (SSSR count). The molecule has 1 atom stereocenters. The second-order valence-corrected chi connectivity index (χ2v) is 5.03. The predicted molar refractivity (Wildman–Crippen MR) is 73.1 cm³/mol. The topological polar surface area (TPSA) is 79.1 Å². The van der Waals surface area contributed by atoms with Gasteiger partial charge in [0.2, 0.25) is 5.95 Å². The van der Waals surface area contributed by atoms with Crippen LogP contribution in [0.2, 0.25) is 0 Å². The number of rotatable bonds is 5. The highest BCUT2D eigenvalue weighted by atomic mass is 15.3. The van der Waals surface area contributed by atoms with E-state index in [2.05, 4.69) is 39.5 Å². The van der Waals surface area contributed by atoms with Gasteiger partial charge in [0.25, 0.3) is 0 Å². The van der Waals surface area contributed by atoms with Crippen LogP contribution in [-0.4, -0.2) is 40.5 Å². The molecule has 2 heterocycles. The van der Waals surface area contributed by atoms with Crippen LogP contribution in [0, 0.1) is 5.92 Å². The lowest BCUT2D eigenvalue weighted by Crippen LogP contribution is -2.29. The third-order valence-corrected chi connectivity index (χ3v) is 3.40. The van der Waals surface area contributed by atoms with Gasteiger partial charge in [0.1, 0.15) is 5.82 Å². The second kappa shape index (κ2) is 5.97. The average Bonchev–Trinajstić information content (AvgIpc) is 2.85. The summed E-state index contributed by atoms with van der Waals surface area (Å²) in [6.07, 6.45) is 2.94. The molecule has 0 amide bonds. The van der Waals surface area contributed by atoms with Crippen molar-refractivity contribution in [2.75, 3.05) is 30.4 Å². The van der Waals surface area contributed by atoms with Crippen LogP contribution in [0.25, 0.3) is 0 Å². The zero-order valence-corrected chi connectivity index (χ0v) is 11.1. The lowest BCUT2D eigenvalue weighted by atomic mass is 10.1. The molecule has 0 aliphatic carbocycles. The summed E-state index contributed by atoms with van der Waals surface area (Å²) in [7, 11) is 0. The van der Waals surface area contributed by atoms with Crippen LogP contribution in [0.15, 0.2) is 12.3 Å². The highest BCUT2D eigenvalue weighted by molar-refractivity contribution is 5.38. The van der Waals surface area contributed by atoms with Crippen LogP contribution in [0.4, 0.5) is 11.8 Å². The Labute approximate surface area is 108 Å². The third kappa shape index (κ3) is 3.30. The summed E-state index contributed by atoms with van der Waals surface area (Å²) in [5, 5.41) is 3.35. The van der Waals surface area contributed by atoms with Gasteiger partial charge in [0.05, 0.1) is 0 Å². The second-order valence-electron chi connectivity index (χ2n) is 5.03. The maximum absolute atomic E-state index is 5.28. The van der Waals surface area contributed by atoms with Crippen molar-refractivity contribution in [1.82, 2.24) is 14.9 Å². The monoisotopic (exact) mass is 250 g/mol. The van der Waals surface area contributed by atoms with Crippen LogP contribution >= 0.6 is 0 Å². The highest BCUT2D eigenvalue weighted by Gasteiger charge is 2.23. The van der Waals surface area contributed by atoms with Crippen LogP contribution in [0.5, 0.6) is 0 Å². The summed E-state index contributed by atoms with van der Waals surface area (Å²) in [6.45, 7) is 7.81. The molecule has 6 heteroatoms. The average molecular weight is 250 g/mol. The molecule has 1 saturated heterocycles. The van der Waals surface area contributed by atoms with E-state index in [1.807, 2.05) is 6.07 Å². The largest absolute Gasteiger partial charge is 0.370 e. The zero-order chi connectivity index (χ0) is 13.0. The van der Waals surface area contributed by atoms with Gasteiger partial charge in [-0.05, 0) is 38.8 Å². The Hall–Kier alpha value is -1.40. The van der Waals surface area contributed by atoms with Gasteiger partial charge in [0, 0.05) is 25.3 Å². The fourth-order valence-corrected chi connectivity index (χ4v) is 2.27. The van der Waals surface area contributed by atoms with Gasteiger partial charge in [-0.15, -0.1) is 0 Å². The summed E-state index contributed by atoms with van der Waals surface area (Å²) in [5.41, 5.74) is 2.45. The molecule has 0 spiro atoms. The summed E-state index contributed by atoms with van der Waals surface area (Å²) in [4.78, 5) is 10.7. The normalized spacial score (nSPS) is 20.3. The van der Waals surface area contributed by atoms with E-state index in [0.717, 1.165) is 18.9 Å². The van der Waals surface area contributed by atoms with E-state index in [0.29, 0.717) is 17.9 Å². The minimum absolute atomic E-state index is 0.440. The maximum Gasteiger partial charge on any atom is 0.239 e. The van der Waals surface area contributed by atoms with Crippen molar-refractivity contribution in [1.29, 1.82) is 0 Å². The Morgan fingerprint density at radius 2 is 2.39 bits per heavy atom. The first kappa shape index (κ1) is 13.0. The summed E-state index contributed by atoms with van der Waals surface area (Å²) in [6, 6.07) is 2.50. The number of nitrogens with zero attached hydrogens (tertiary/aromatic N) is 3. The van der Waals surface area contributed by atoms with Crippen LogP contribution in [0.1, 0.15) is 20.3 Å². The molecule has 1 aromatic rings. The van der Waals surface area contributed by atoms with Crippen molar-refractivity contribution in [2.24, 2.45) is 11.8 Å². The van der Waals surface area contributed by atoms with Crippen LogP contribution in [0.3, 0.4) is 0 Å². The number of aromatic nitrogens is 2. The summed E-state index contributed by atoms with van der Waals surface area (Å²) >= 11 is 0. The molecule has 1 aliphatic heterocycles. The van der Waals surface area contributed by atoms with Gasteiger partial charge >= 0.3 is 0 Å². The molecule has 100 valence electrons. The Bertz CT molecular complexity index is 381. The Kier molecular flexibility index (Phi) is 4.33. The summed E-state index contributed by atoms with van der Waals surface area (Å²) < 4.78 is 0. The minimum Gasteiger partial charge on any atom is -0.370 e. The smallest absolute Gasteiger partial charge is 0.239 e. The molecule has 1 unspecified atom stereocenters. The molecule has 0 saturated carbocycles. The van der Waals surface area contributed by atoms with Crippen molar-refractivity contribution in [3.63, 3.8) is 0 Å². The number of nitrogen functional groups attached to an aromatic ring is 1. The maximum atomic E-state index is 5.28. The van der Waals surface area contributed by atoms with Crippen molar-refractivity contribution < 1.29 is 0 Å². The van der Waals surface area contributed by atoms with E-state index in [1.54, 1.807) is 6.20 Å². The Morgan fingerprint density at radius 3 is 3.06 bits per heavy atom. The third-order valence-electron chi connectivity index (χ3n) is 3.40. The predicted octanol–water partition coefficient (Wildman–Crippen LogP) is 0.904. The van der Waals surface area contributed by atoms with Crippen molar-refractivity contribution in [3.05, 3.63) is 12.3 Å². The number of nitrogens with one attached hydrogen (secondary N) is 2. The Morgan fingerprint density at radius 1 is 1.56 bits per heavy atom. The van der Waals surface area contributed by atoms with Gasteiger partial charge in [-0.3, -0.25) is 5.43 Å². The molecule has 1 aromatic heterocycles. The standard InChI is InChI=1S/C12H22N6/c1-9(2)18-6-4-10(8-18)7-15-11-3-5-14-12(16-11)17-13/h3,5,9-10H,4,6-8,13H2,1-2H3,(H2,14,15,16,17). The SMILES string of the molecule is CC(C)N1CCC(CNc2ccnc(NN)n2)C1. The number of hydrazine groups is 1. The first-order valence-electron chi connectivity index (χ1n) is 6.46. The molecule has 4 N–H and O–H groups in total. The Balaban J connectivity index is 1.81. The molecule has 0 radical (unpaired) electrons. The fourth-order valence-electron chi connectivity index (χ4n) is 2.27. The zero-order valence-electron chi connectivity index (χ0n) is 11.1. The first-order chi connectivity index (χ1) is 8.69. The molecular weight excluding hydrogens is 228 g/mol. The molecule has 18 heavy (non-hydrogen) atoms. The molecule has 1 aliphatic rings. The van der Waals surface area contributed by atoms with E-state index in [9.17, 15) is 0 Å². The number of likely N-dealkylation sites (tertiary alicyclic amines) is 1. The van der Waals surface area contributed by atoms with Gasteiger partial charge < -0.3 is 10.2 Å². The quantitative estimate of drug-likeness (QED) is 0.532. The number of hydrogen-bond acceptors (Lipinski definition) is 6. The molecule has 0 bridgehead atoms. The minimum atomic E-state index is 0.440. The van der Waals surface area contributed by atoms with E-state index < -0.39 is 0 Å². The van der Waals surface area contributed by atoms with Crippen molar-refractivity contribution in [3.8, 4) is 0 Å². The van der Waals surface area contributed by atoms with Gasteiger partial charge in [-0.1, -0.05) is 0 Å². The van der Waals surface area contributed by atoms with Gasteiger partial charge in [-0.25, -0.2) is 10.8 Å². The molecule has 6 nitrogen and oxygen atoms in total. The van der Waals surface area contributed by atoms with Crippen molar-refractivity contribution >= 4 is 11.8 Å². The van der Waals surface area contributed by atoms with E-state index in [4.69, 9.17) is 5.84 Å². The van der Waals surface area contributed by atoms with Crippen LogP contribution in [-0.2, 0) is 0 Å². The van der Waals surface area contributed by atoms with Gasteiger partial charge in [0.15, 0.2) is 0 Å². The summed E-state index contributed by atoms with van der Waals surface area (Å²) in [5.74, 6) is 7.23. The van der Waals surface area contributed by atoms with E-state index >= 15 is 0 Å². The van der Waals surface area contributed by atoms with E-state index in [1.165, 1.54) is 13.0 Å². The van der Waals surface area contributed by atoms with Gasteiger partial charge in [-0.2, -0.15) is 4.98 Å². The lowest BCUT2D eigenvalue weighted by molar-refractivity contribution is 0.266. The number of nitrogens with two attached hydrogens (primary N) is 1. The van der Waals surface area contributed by atoms with Crippen molar-refractivity contribution in [2.45, 2.75) is 26.3 Å². The van der Waals surface area contributed by atoms with Crippen LogP contribution < -0.4 is 16.6 Å². The number of anilines is 2. The fraction of sp³-hybridized carbons (Fsp3) is 0.667. The number of hydrogen-bond donors (Lipinski definition) is 3. The molecular formula is C12H22N6. The molecule has 1 fully saturated rings. The first-order valence-corrected chi connectivity index (χ1v) is 6.46. The lowest BCUT2D eigenvalue weighted by Gasteiger charge is -2.20. The molecule has 0 aromatic carbocycles. The highest BCUT2D eigenvalue weighted by Crippen LogP contribution is 2.18. The van der Waals surface area contributed by atoms with E-state index in [-0.39, 0.29) is 0 Å².